The number of hydrogen-bond donors (Lipinski definition) is 2. The molecule has 1 aliphatic heterocycles. The summed E-state index contributed by atoms with van der Waals surface area (Å²) in [5.74, 6) is -1.74. The normalized spacial score (nSPS) is 17.9. The third-order valence-electron chi connectivity index (χ3n) is 8.07. The zero-order valence-electron chi connectivity index (χ0n) is 22.1. The highest BCUT2D eigenvalue weighted by Gasteiger charge is 2.54. The van der Waals surface area contributed by atoms with Gasteiger partial charge in [-0.2, -0.15) is 0 Å². The van der Waals surface area contributed by atoms with E-state index in [1.165, 1.54) is 7.11 Å². The molecule has 0 amide bonds. The van der Waals surface area contributed by atoms with Crippen molar-refractivity contribution in [2.75, 3.05) is 29.8 Å². The van der Waals surface area contributed by atoms with Gasteiger partial charge >= 0.3 is 0 Å². The fourth-order valence-electron chi connectivity index (χ4n) is 5.70. The summed E-state index contributed by atoms with van der Waals surface area (Å²) in [4.78, 5) is 6.08. The average Bonchev–Trinajstić information content (AvgIpc) is 3.64. The molecule has 10 heteroatoms. The number of β-amino-alcohol motifs (C(OH)–C–C–N with tert-alkyl or cyclic N) is 1. The first-order valence-corrected chi connectivity index (χ1v) is 14.6. The standard InChI is InChI=1S/C30H29F2N3O4S/c1-3-18-12-20(14-25(29(18)39-2)34-40(37,38)27-7-5-21(31)15-23(27)32)19-4-6-24-22(13-19)26(8-11-33-24)35-16-28(36)30(17-35)9-10-30/h4-8,11-15,28,34,36H,3,9-10,16-17H2,1-2H3. The van der Waals surface area contributed by atoms with Crippen LogP contribution in [0.5, 0.6) is 5.75 Å². The van der Waals surface area contributed by atoms with Crippen molar-refractivity contribution in [2.24, 2.45) is 5.41 Å². The molecule has 6 rings (SSSR count). The molecule has 1 saturated heterocycles. The molecular formula is C30H29F2N3O4S. The van der Waals surface area contributed by atoms with Crippen LogP contribution in [0.1, 0.15) is 25.3 Å². The van der Waals surface area contributed by atoms with Gasteiger partial charge in [-0.25, -0.2) is 17.2 Å². The summed E-state index contributed by atoms with van der Waals surface area (Å²) in [7, 11) is -2.95. The van der Waals surface area contributed by atoms with Gasteiger partial charge in [-0.15, -0.1) is 0 Å². The molecule has 1 spiro atoms. The van der Waals surface area contributed by atoms with E-state index in [-0.39, 0.29) is 17.2 Å². The number of anilines is 2. The zero-order chi connectivity index (χ0) is 28.2. The van der Waals surface area contributed by atoms with Gasteiger partial charge in [0.25, 0.3) is 10.0 Å². The van der Waals surface area contributed by atoms with Gasteiger partial charge < -0.3 is 14.7 Å². The number of benzene rings is 3. The second-order valence-corrected chi connectivity index (χ2v) is 12.2. The van der Waals surface area contributed by atoms with E-state index in [2.05, 4.69) is 14.6 Å². The monoisotopic (exact) mass is 565 g/mol. The lowest BCUT2D eigenvalue weighted by atomic mass is 9.98. The molecule has 40 heavy (non-hydrogen) atoms. The van der Waals surface area contributed by atoms with Crippen LogP contribution in [0.3, 0.4) is 0 Å². The molecule has 1 saturated carbocycles. The van der Waals surface area contributed by atoms with Gasteiger partial charge in [0.1, 0.15) is 22.3 Å². The Morgan fingerprint density at radius 3 is 2.58 bits per heavy atom. The molecular weight excluding hydrogens is 536 g/mol. The predicted octanol–water partition coefficient (Wildman–Crippen LogP) is 5.51. The molecule has 0 radical (unpaired) electrons. The Balaban J connectivity index is 1.43. The lowest BCUT2D eigenvalue weighted by molar-refractivity contribution is 0.136. The number of aryl methyl sites for hydroxylation is 1. The molecule has 0 bridgehead atoms. The number of halogens is 2. The lowest BCUT2D eigenvalue weighted by Crippen LogP contribution is -2.21. The van der Waals surface area contributed by atoms with Crippen LogP contribution >= 0.6 is 0 Å². The third kappa shape index (κ3) is 4.54. The fourth-order valence-corrected chi connectivity index (χ4v) is 6.82. The molecule has 1 unspecified atom stereocenters. The molecule has 1 aliphatic carbocycles. The summed E-state index contributed by atoms with van der Waals surface area (Å²) in [6, 6.07) is 13.7. The van der Waals surface area contributed by atoms with E-state index in [0.717, 1.165) is 64.8 Å². The number of pyridine rings is 1. The van der Waals surface area contributed by atoms with Crippen LogP contribution in [0.15, 0.2) is 65.7 Å². The van der Waals surface area contributed by atoms with Gasteiger partial charge in [0, 0.05) is 41.8 Å². The second kappa shape index (κ2) is 9.71. The van der Waals surface area contributed by atoms with Crippen molar-refractivity contribution in [1.29, 1.82) is 0 Å². The maximum Gasteiger partial charge on any atom is 0.264 e. The van der Waals surface area contributed by atoms with Gasteiger partial charge in [0.15, 0.2) is 0 Å². The predicted molar refractivity (Wildman–Crippen MR) is 150 cm³/mol. The molecule has 1 atom stereocenters. The highest BCUT2D eigenvalue weighted by Crippen LogP contribution is 2.54. The number of nitrogens with zero attached hydrogens (tertiary/aromatic N) is 2. The van der Waals surface area contributed by atoms with Crippen molar-refractivity contribution in [2.45, 2.75) is 37.2 Å². The summed E-state index contributed by atoms with van der Waals surface area (Å²) in [5.41, 5.74) is 4.25. The van der Waals surface area contributed by atoms with Crippen molar-refractivity contribution in [3.63, 3.8) is 0 Å². The van der Waals surface area contributed by atoms with E-state index in [0.29, 0.717) is 24.8 Å². The van der Waals surface area contributed by atoms with E-state index in [4.69, 9.17) is 4.74 Å². The van der Waals surface area contributed by atoms with E-state index in [1.807, 2.05) is 37.3 Å². The third-order valence-corrected chi connectivity index (χ3v) is 9.47. The highest BCUT2D eigenvalue weighted by atomic mass is 32.2. The number of fused-ring (bicyclic) bond motifs is 1. The number of nitrogens with one attached hydrogen (secondary N) is 1. The number of rotatable bonds is 7. The van der Waals surface area contributed by atoms with Gasteiger partial charge in [0.05, 0.1) is 24.4 Å². The molecule has 2 heterocycles. The lowest BCUT2D eigenvalue weighted by Gasteiger charge is -2.21. The Labute approximate surface area is 231 Å². The molecule has 7 nitrogen and oxygen atoms in total. The molecule has 3 aromatic carbocycles. The van der Waals surface area contributed by atoms with E-state index in [1.54, 1.807) is 12.3 Å². The van der Waals surface area contributed by atoms with Crippen LogP contribution in [0, 0.1) is 17.0 Å². The summed E-state index contributed by atoms with van der Waals surface area (Å²) in [6.45, 7) is 3.29. The molecule has 2 aliphatic rings. The first-order valence-electron chi connectivity index (χ1n) is 13.1. The number of aliphatic hydroxyl groups excluding tert-OH is 1. The Kier molecular flexibility index (Phi) is 6.42. The van der Waals surface area contributed by atoms with E-state index >= 15 is 0 Å². The van der Waals surface area contributed by atoms with Crippen molar-refractivity contribution in [1.82, 2.24) is 4.98 Å². The Morgan fingerprint density at radius 1 is 1.10 bits per heavy atom. The minimum atomic E-state index is -4.39. The van der Waals surface area contributed by atoms with Crippen LogP contribution in [0.2, 0.25) is 0 Å². The molecule has 2 N–H and O–H groups in total. The summed E-state index contributed by atoms with van der Waals surface area (Å²) >= 11 is 0. The molecule has 1 aromatic heterocycles. The maximum absolute atomic E-state index is 14.4. The van der Waals surface area contributed by atoms with Crippen molar-refractivity contribution < 1.29 is 27.0 Å². The maximum atomic E-state index is 14.4. The second-order valence-electron chi connectivity index (χ2n) is 10.6. The number of aliphatic hydroxyl groups is 1. The van der Waals surface area contributed by atoms with Crippen LogP contribution in [0.4, 0.5) is 20.2 Å². The summed E-state index contributed by atoms with van der Waals surface area (Å²) in [6.07, 6.45) is 4.03. The average molecular weight is 566 g/mol. The highest BCUT2D eigenvalue weighted by molar-refractivity contribution is 7.92. The molecule has 4 aromatic rings. The van der Waals surface area contributed by atoms with Gasteiger partial charge in [-0.3, -0.25) is 9.71 Å². The Bertz CT molecular complexity index is 1740. The van der Waals surface area contributed by atoms with Crippen molar-refractivity contribution in [3.05, 3.63) is 78.0 Å². The first-order chi connectivity index (χ1) is 19.1. The number of sulfonamides is 1. The van der Waals surface area contributed by atoms with Gasteiger partial charge in [0.2, 0.25) is 0 Å². The van der Waals surface area contributed by atoms with Gasteiger partial charge in [-0.05, 0) is 78.4 Å². The van der Waals surface area contributed by atoms with Crippen molar-refractivity contribution >= 4 is 32.3 Å². The Hall–Kier alpha value is -3.76. The fraction of sp³-hybridized carbons (Fsp3) is 0.300. The SMILES string of the molecule is CCc1cc(-c2ccc3nccc(N4CC(O)C5(CC5)C4)c3c2)cc(NS(=O)(=O)c2ccc(F)cc2F)c1OC. The van der Waals surface area contributed by atoms with Crippen molar-refractivity contribution in [3.8, 4) is 16.9 Å². The number of hydrogen-bond acceptors (Lipinski definition) is 6. The minimum absolute atomic E-state index is 0.00469. The molecule has 2 fully saturated rings. The van der Waals surface area contributed by atoms with E-state index < -0.39 is 26.6 Å². The molecule has 208 valence electrons. The quantitative estimate of drug-likeness (QED) is 0.307. The number of ether oxygens (including phenoxy) is 1. The van der Waals surface area contributed by atoms with Crippen LogP contribution in [0.25, 0.3) is 22.0 Å². The van der Waals surface area contributed by atoms with Crippen LogP contribution < -0.4 is 14.4 Å². The smallest absolute Gasteiger partial charge is 0.264 e. The zero-order valence-corrected chi connectivity index (χ0v) is 22.9. The van der Waals surface area contributed by atoms with Crippen LogP contribution in [-0.4, -0.2) is 44.8 Å². The minimum Gasteiger partial charge on any atom is -0.494 e. The number of methoxy groups -OCH3 is 1. The van der Waals surface area contributed by atoms with E-state index in [9.17, 15) is 22.3 Å². The Morgan fingerprint density at radius 2 is 1.90 bits per heavy atom. The largest absolute Gasteiger partial charge is 0.494 e. The number of aromatic nitrogens is 1. The van der Waals surface area contributed by atoms with Gasteiger partial charge in [-0.1, -0.05) is 13.0 Å². The summed E-state index contributed by atoms with van der Waals surface area (Å²) < 4.78 is 62.1. The topological polar surface area (TPSA) is 91.8 Å². The first kappa shape index (κ1) is 26.5. The van der Waals surface area contributed by atoms with Crippen LogP contribution in [-0.2, 0) is 16.4 Å². The summed E-state index contributed by atoms with van der Waals surface area (Å²) in [5, 5.41) is 11.6.